The molecule has 1 aromatic heterocycles. The first-order chi connectivity index (χ1) is 12.8. The number of hydrogen-bond acceptors (Lipinski definition) is 5. The van der Waals surface area contributed by atoms with Gasteiger partial charge in [-0.25, -0.2) is 4.79 Å². The third-order valence-electron chi connectivity index (χ3n) is 5.09. The van der Waals surface area contributed by atoms with Crippen molar-refractivity contribution in [2.75, 3.05) is 44.7 Å². The first-order valence-corrected chi connectivity index (χ1v) is 9.74. The van der Waals surface area contributed by atoms with E-state index in [0.29, 0.717) is 38.6 Å². The van der Waals surface area contributed by atoms with Gasteiger partial charge in [-0.1, -0.05) is 25.9 Å². The molecule has 3 amide bonds. The molecular weight excluding hydrogens is 348 g/mol. The standard InChI is InChI=1S/C19H30N4O4/c1-19(2,3)15-12-16(21-27-15)20-18(25)23-8-5-7-22(9-10-23)17(24)14-6-4-11-26-13-14/h12,14H,4-11,13H2,1-3H3,(H,20,21,25). The van der Waals surface area contributed by atoms with Crippen LogP contribution >= 0.6 is 0 Å². The summed E-state index contributed by atoms with van der Waals surface area (Å²) in [5, 5.41) is 6.73. The highest BCUT2D eigenvalue weighted by molar-refractivity contribution is 5.88. The fourth-order valence-electron chi connectivity index (χ4n) is 3.41. The van der Waals surface area contributed by atoms with Gasteiger partial charge in [0, 0.05) is 44.3 Å². The van der Waals surface area contributed by atoms with Crippen molar-refractivity contribution < 1.29 is 18.8 Å². The Balaban J connectivity index is 1.53. The molecule has 0 aromatic carbocycles. The molecule has 0 bridgehead atoms. The van der Waals surface area contributed by atoms with Crippen molar-refractivity contribution >= 4 is 17.8 Å². The van der Waals surface area contributed by atoms with E-state index in [1.165, 1.54) is 0 Å². The lowest BCUT2D eigenvalue weighted by molar-refractivity contribution is -0.139. The molecular formula is C19H30N4O4. The largest absolute Gasteiger partial charge is 0.381 e. The van der Waals surface area contributed by atoms with Crippen LogP contribution in [0.1, 0.15) is 45.8 Å². The second-order valence-corrected chi connectivity index (χ2v) is 8.34. The Kier molecular flexibility index (Phi) is 6.04. The summed E-state index contributed by atoms with van der Waals surface area (Å²) in [4.78, 5) is 28.8. The molecule has 8 nitrogen and oxygen atoms in total. The Bertz CT molecular complexity index is 661. The maximum Gasteiger partial charge on any atom is 0.323 e. The minimum absolute atomic E-state index is 0.0370. The number of anilines is 1. The van der Waals surface area contributed by atoms with Crippen LogP contribution in [0.5, 0.6) is 0 Å². The third-order valence-corrected chi connectivity index (χ3v) is 5.09. The van der Waals surface area contributed by atoms with E-state index in [-0.39, 0.29) is 23.3 Å². The molecule has 0 aliphatic carbocycles. The van der Waals surface area contributed by atoms with Crippen molar-refractivity contribution in [1.82, 2.24) is 15.0 Å². The lowest BCUT2D eigenvalue weighted by Crippen LogP contribution is -2.42. The second-order valence-electron chi connectivity index (χ2n) is 8.34. The lowest BCUT2D eigenvalue weighted by atomic mass is 9.93. The molecule has 8 heteroatoms. The summed E-state index contributed by atoms with van der Waals surface area (Å²) >= 11 is 0. The number of urea groups is 1. The van der Waals surface area contributed by atoms with Crippen LogP contribution in [0.25, 0.3) is 0 Å². The molecule has 0 radical (unpaired) electrons. The Hall–Kier alpha value is -2.09. The van der Waals surface area contributed by atoms with Crippen molar-refractivity contribution in [1.29, 1.82) is 0 Å². The number of aromatic nitrogens is 1. The van der Waals surface area contributed by atoms with Crippen LogP contribution in [0.4, 0.5) is 10.6 Å². The van der Waals surface area contributed by atoms with Gasteiger partial charge in [-0.15, -0.1) is 0 Å². The van der Waals surface area contributed by atoms with Crippen molar-refractivity contribution in [3.8, 4) is 0 Å². The SMILES string of the molecule is CC(C)(C)c1cc(NC(=O)N2CCCN(C(=O)C3CCCOC3)CC2)no1. The van der Waals surface area contributed by atoms with Crippen LogP contribution in [0.3, 0.4) is 0 Å². The molecule has 3 rings (SSSR count). The number of carbonyl (C=O) groups is 2. The van der Waals surface area contributed by atoms with Gasteiger partial charge < -0.3 is 19.1 Å². The number of amides is 3. The number of rotatable bonds is 2. The number of nitrogens with one attached hydrogen (secondary N) is 1. The van der Waals surface area contributed by atoms with Gasteiger partial charge in [0.2, 0.25) is 5.91 Å². The van der Waals surface area contributed by atoms with Crippen LogP contribution in [-0.4, -0.2) is 66.3 Å². The zero-order valence-electron chi connectivity index (χ0n) is 16.5. The fraction of sp³-hybridized carbons (Fsp3) is 0.737. The van der Waals surface area contributed by atoms with Crippen LogP contribution in [-0.2, 0) is 14.9 Å². The van der Waals surface area contributed by atoms with Gasteiger partial charge in [-0.2, -0.15) is 0 Å². The smallest absolute Gasteiger partial charge is 0.323 e. The number of carbonyl (C=O) groups excluding carboxylic acids is 2. The quantitative estimate of drug-likeness (QED) is 0.854. The molecule has 27 heavy (non-hydrogen) atoms. The highest BCUT2D eigenvalue weighted by Crippen LogP contribution is 2.24. The highest BCUT2D eigenvalue weighted by atomic mass is 16.5. The van der Waals surface area contributed by atoms with Crippen LogP contribution in [0.2, 0.25) is 0 Å². The first kappa shape index (κ1) is 19.7. The summed E-state index contributed by atoms with van der Waals surface area (Å²) in [6.45, 7) is 9.69. The predicted molar refractivity (Wildman–Crippen MR) is 101 cm³/mol. The first-order valence-electron chi connectivity index (χ1n) is 9.74. The van der Waals surface area contributed by atoms with Crippen molar-refractivity contribution in [3.05, 3.63) is 11.8 Å². The average molecular weight is 378 g/mol. The Morgan fingerprint density at radius 3 is 2.56 bits per heavy atom. The number of nitrogens with zero attached hydrogens (tertiary/aromatic N) is 3. The van der Waals surface area contributed by atoms with Gasteiger partial charge in [-0.05, 0) is 19.3 Å². The third kappa shape index (κ3) is 5.00. The van der Waals surface area contributed by atoms with Crippen LogP contribution < -0.4 is 5.32 Å². The number of hydrogen-bond donors (Lipinski definition) is 1. The second kappa shape index (κ2) is 8.29. The zero-order chi connectivity index (χ0) is 19.4. The van der Waals surface area contributed by atoms with E-state index in [1.807, 2.05) is 25.7 Å². The van der Waals surface area contributed by atoms with Gasteiger partial charge in [0.05, 0.1) is 12.5 Å². The molecule has 2 aliphatic heterocycles. The summed E-state index contributed by atoms with van der Waals surface area (Å²) in [5.74, 6) is 1.26. The molecule has 3 heterocycles. The molecule has 0 saturated carbocycles. The molecule has 1 aromatic rings. The molecule has 2 aliphatic rings. The molecule has 0 spiro atoms. The van der Waals surface area contributed by atoms with E-state index in [2.05, 4.69) is 10.5 Å². The molecule has 2 fully saturated rings. The van der Waals surface area contributed by atoms with E-state index >= 15 is 0 Å². The summed E-state index contributed by atoms with van der Waals surface area (Å²) in [5.41, 5.74) is -0.164. The summed E-state index contributed by atoms with van der Waals surface area (Å²) in [7, 11) is 0. The highest BCUT2D eigenvalue weighted by Gasteiger charge is 2.29. The molecule has 1 N–H and O–H groups in total. The maximum atomic E-state index is 12.7. The topological polar surface area (TPSA) is 87.9 Å². The van der Waals surface area contributed by atoms with Crippen LogP contribution in [0.15, 0.2) is 10.6 Å². The van der Waals surface area contributed by atoms with E-state index in [9.17, 15) is 9.59 Å². The molecule has 150 valence electrons. The fourth-order valence-corrected chi connectivity index (χ4v) is 3.41. The van der Waals surface area contributed by atoms with Crippen molar-refractivity contribution in [2.24, 2.45) is 5.92 Å². The zero-order valence-corrected chi connectivity index (χ0v) is 16.5. The minimum Gasteiger partial charge on any atom is -0.381 e. The van der Waals surface area contributed by atoms with Gasteiger partial charge >= 0.3 is 6.03 Å². The predicted octanol–water partition coefficient (Wildman–Crippen LogP) is 2.46. The summed E-state index contributed by atoms with van der Waals surface area (Å²) in [6, 6.07) is 1.55. The van der Waals surface area contributed by atoms with E-state index in [0.717, 1.165) is 31.6 Å². The maximum absolute atomic E-state index is 12.7. The Labute approximate surface area is 160 Å². The van der Waals surface area contributed by atoms with Gasteiger partial charge in [0.25, 0.3) is 0 Å². The van der Waals surface area contributed by atoms with E-state index in [4.69, 9.17) is 9.26 Å². The Morgan fingerprint density at radius 1 is 1.15 bits per heavy atom. The Morgan fingerprint density at radius 2 is 1.89 bits per heavy atom. The lowest BCUT2D eigenvalue weighted by Gasteiger charge is -2.28. The van der Waals surface area contributed by atoms with Crippen molar-refractivity contribution in [3.63, 3.8) is 0 Å². The van der Waals surface area contributed by atoms with Crippen molar-refractivity contribution in [2.45, 2.75) is 45.4 Å². The van der Waals surface area contributed by atoms with Gasteiger partial charge in [0.15, 0.2) is 5.82 Å². The molecule has 1 unspecified atom stereocenters. The monoisotopic (exact) mass is 378 g/mol. The molecule has 2 saturated heterocycles. The summed E-state index contributed by atoms with van der Waals surface area (Å²) < 4.78 is 10.7. The number of ether oxygens (including phenoxy) is 1. The average Bonchev–Trinajstić information content (AvgIpc) is 2.98. The minimum atomic E-state index is -0.209. The van der Waals surface area contributed by atoms with Crippen LogP contribution in [0, 0.1) is 5.92 Å². The van der Waals surface area contributed by atoms with Gasteiger partial charge in [-0.3, -0.25) is 10.1 Å². The normalized spacial score (nSPS) is 21.7. The van der Waals surface area contributed by atoms with E-state index in [1.54, 1.807) is 11.0 Å². The summed E-state index contributed by atoms with van der Waals surface area (Å²) in [6.07, 6.45) is 2.59. The van der Waals surface area contributed by atoms with Gasteiger partial charge in [0.1, 0.15) is 5.76 Å². The van der Waals surface area contributed by atoms with E-state index < -0.39 is 0 Å². The molecule has 1 atom stereocenters.